The molecular formula is C12H16N2O3S2. The van der Waals surface area contributed by atoms with Crippen LogP contribution in [0.15, 0.2) is 41.8 Å². The minimum Gasteiger partial charge on any atom is -0.351 e. The number of thioether (sulfide) groups is 1. The van der Waals surface area contributed by atoms with E-state index in [0.29, 0.717) is 6.54 Å². The standard InChI is InChI=1S/C12H16N2O3S2/c1-2-7-18-8-6-14-12(15)10-4-3-5-11(9-10)19(13,16)17/h2-5,9H,1,6-8H2,(H,14,15)(H2,13,16,17). The molecule has 1 rings (SSSR count). The smallest absolute Gasteiger partial charge is 0.251 e. The fourth-order valence-corrected chi connectivity index (χ4v) is 2.46. The van der Waals surface area contributed by atoms with Crippen molar-refractivity contribution >= 4 is 27.7 Å². The van der Waals surface area contributed by atoms with Crippen LogP contribution in [0.3, 0.4) is 0 Å². The van der Waals surface area contributed by atoms with Gasteiger partial charge in [-0.15, -0.1) is 6.58 Å². The van der Waals surface area contributed by atoms with Gasteiger partial charge in [-0.3, -0.25) is 4.79 Å². The molecule has 7 heteroatoms. The van der Waals surface area contributed by atoms with Crippen LogP contribution >= 0.6 is 11.8 Å². The minimum atomic E-state index is -3.79. The van der Waals surface area contributed by atoms with Crippen LogP contribution in [-0.2, 0) is 10.0 Å². The largest absolute Gasteiger partial charge is 0.351 e. The van der Waals surface area contributed by atoms with Crippen LogP contribution < -0.4 is 10.5 Å². The van der Waals surface area contributed by atoms with Crippen molar-refractivity contribution in [2.75, 3.05) is 18.1 Å². The zero-order valence-electron chi connectivity index (χ0n) is 10.3. The minimum absolute atomic E-state index is 0.0683. The van der Waals surface area contributed by atoms with Gasteiger partial charge in [0.25, 0.3) is 5.91 Å². The molecule has 0 saturated heterocycles. The highest BCUT2D eigenvalue weighted by Crippen LogP contribution is 2.09. The van der Waals surface area contributed by atoms with Gasteiger partial charge >= 0.3 is 0 Å². The highest BCUT2D eigenvalue weighted by molar-refractivity contribution is 7.99. The Morgan fingerprint density at radius 1 is 1.47 bits per heavy atom. The van der Waals surface area contributed by atoms with Gasteiger partial charge in [0.05, 0.1) is 4.90 Å². The van der Waals surface area contributed by atoms with Gasteiger partial charge in [-0.1, -0.05) is 12.1 Å². The normalized spacial score (nSPS) is 11.0. The Kier molecular flexibility index (Phi) is 6.07. The molecule has 0 saturated carbocycles. The molecule has 0 atom stereocenters. The van der Waals surface area contributed by atoms with Crippen molar-refractivity contribution in [3.05, 3.63) is 42.5 Å². The van der Waals surface area contributed by atoms with E-state index in [1.807, 2.05) is 0 Å². The number of nitrogens with one attached hydrogen (secondary N) is 1. The third-order valence-corrected chi connectivity index (χ3v) is 4.07. The van der Waals surface area contributed by atoms with E-state index >= 15 is 0 Å². The number of carbonyl (C=O) groups is 1. The first-order valence-corrected chi connectivity index (χ1v) is 8.25. The van der Waals surface area contributed by atoms with E-state index in [4.69, 9.17) is 5.14 Å². The highest BCUT2D eigenvalue weighted by Gasteiger charge is 2.11. The molecule has 0 aliphatic heterocycles. The maximum Gasteiger partial charge on any atom is 0.251 e. The molecule has 0 heterocycles. The zero-order valence-corrected chi connectivity index (χ0v) is 12.0. The van der Waals surface area contributed by atoms with Gasteiger partial charge in [0.15, 0.2) is 0 Å². The van der Waals surface area contributed by atoms with E-state index < -0.39 is 10.0 Å². The number of hydrogen-bond donors (Lipinski definition) is 2. The van der Waals surface area contributed by atoms with E-state index in [-0.39, 0.29) is 16.4 Å². The van der Waals surface area contributed by atoms with Gasteiger partial charge in [0, 0.05) is 23.6 Å². The average Bonchev–Trinajstić information content (AvgIpc) is 2.37. The molecule has 104 valence electrons. The van der Waals surface area contributed by atoms with Crippen molar-refractivity contribution in [3.63, 3.8) is 0 Å². The summed E-state index contributed by atoms with van der Waals surface area (Å²) < 4.78 is 22.3. The van der Waals surface area contributed by atoms with Crippen molar-refractivity contribution in [1.29, 1.82) is 0 Å². The van der Waals surface area contributed by atoms with Crippen LogP contribution in [0.5, 0.6) is 0 Å². The number of carbonyl (C=O) groups excluding carboxylic acids is 1. The number of hydrogen-bond acceptors (Lipinski definition) is 4. The topological polar surface area (TPSA) is 89.3 Å². The monoisotopic (exact) mass is 300 g/mol. The van der Waals surface area contributed by atoms with E-state index in [9.17, 15) is 13.2 Å². The number of sulfonamides is 1. The SMILES string of the molecule is C=CCSCCNC(=O)c1cccc(S(N)(=O)=O)c1. The molecule has 1 aromatic rings. The third-order valence-electron chi connectivity index (χ3n) is 2.19. The Balaban J connectivity index is 2.60. The molecule has 0 unspecified atom stereocenters. The Labute approximate surface area is 117 Å². The molecule has 0 bridgehead atoms. The number of rotatable bonds is 7. The molecular weight excluding hydrogens is 284 g/mol. The van der Waals surface area contributed by atoms with Crippen LogP contribution in [0.1, 0.15) is 10.4 Å². The van der Waals surface area contributed by atoms with E-state index in [0.717, 1.165) is 11.5 Å². The quantitative estimate of drug-likeness (QED) is 0.580. The zero-order chi connectivity index (χ0) is 14.3. The molecule has 19 heavy (non-hydrogen) atoms. The second-order valence-corrected chi connectivity index (χ2v) is 6.40. The summed E-state index contributed by atoms with van der Waals surface area (Å²) in [6.45, 7) is 4.11. The maximum atomic E-state index is 11.8. The molecule has 0 fully saturated rings. The van der Waals surface area contributed by atoms with Crippen molar-refractivity contribution in [1.82, 2.24) is 5.32 Å². The Morgan fingerprint density at radius 3 is 2.84 bits per heavy atom. The average molecular weight is 300 g/mol. The first-order chi connectivity index (χ1) is 8.95. The van der Waals surface area contributed by atoms with Crippen LogP contribution in [-0.4, -0.2) is 32.4 Å². The maximum absolute atomic E-state index is 11.8. The summed E-state index contributed by atoms with van der Waals surface area (Å²) in [7, 11) is -3.79. The summed E-state index contributed by atoms with van der Waals surface area (Å²) in [5, 5.41) is 7.72. The van der Waals surface area contributed by atoms with Gasteiger partial charge in [0.1, 0.15) is 0 Å². The Hall–Kier alpha value is -1.31. The van der Waals surface area contributed by atoms with E-state index in [1.165, 1.54) is 18.2 Å². The fraction of sp³-hybridized carbons (Fsp3) is 0.250. The summed E-state index contributed by atoms with van der Waals surface area (Å²) in [4.78, 5) is 11.7. The molecule has 1 amide bonds. The second kappa shape index (κ2) is 7.32. The van der Waals surface area contributed by atoms with Crippen LogP contribution in [0.2, 0.25) is 0 Å². The fourth-order valence-electron chi connectivity index (χ4n) is 1.32. The van der Waals surface area contributed by atoms with Gasteiger partial charge in [0.2, 0.25) is 10.0 Å². The predicted octanol–water partition coefficient (Wildman–Crippen LogP) is 0.983. The van der Waals surface area contributed by atoms with Crippen molar-refractivity contribution < 1.29 is 13.2 Å². The highest BCUT2D eigenvalue weighted by atomic mass is 32.2. The van der Waals surface area contributed by atoms with Crippen LogP contribution in [0.25, 0.3) is 0 Å². The second-order valence-electron chi connectivity index (χ2n) is 3.69. The van der Waals surface area contributed by atoms with Crippen molar-refractivity contribution in [3.8, 4) is 0 Å². The number of benzene rings is 1. The lowest BCUT2D eigenvalue weighted by molar-refractivity contribution is 0.0956. The molecule has 0 aromatic heterocycles. The molecule has 0 aliphatic rings. The summed E-state index contributed by atoms with van der Waals surface area (Å²) in [5.74, 6) is 1.29. The van der Waals surface area contributed by atoms with E-state index in [1.54, 1.807) is 23.9 Å². The lowest BCUT2D eigenvalue weighted by Crippen LogP contribution is -2.26. The lowest BCUT2D eigenvalue weighted by atomic mass is 10.2. The van der Waals surface area contributed by atoms with E-state index in [2.05, 4.69) is 11.9 Å². The Morgan fingerprint density at radius 2 is 2.21 bits per heavy atom. The summed E-state index contributed by atoms with van der Waals surface area (Å²) in [6, 6.07) is 5.65. The molecule has 1 aromatic carbocycles. The van der Waals surface area contributed by atoms with Crippen LogP contribution in [0, 0.1) is 0 Å². The van der Waals surface area contributed by atoms with Gasteiger partial charge in [-0.2, -0.15) is 11.8 Å². The number of amides is 1. The number of nitrogens with two attached hydrogens (primary N) is 1. The van der Waals surface area contributed by atoms with Gasteiger partial charge < -0.3 is 5.32 Å². The van der Waals surface area contributed by atoms with Crippen molar-refractivity contribution in [2.45, 2.75) is 4.90 Å². The molecule has 5 nitrogen and oxygen atoms in total. The summed E-state index contributed by atoms with van der Waals surface area (Å²) in [6.07, 6.45) is 1.79. The lowest BCUT2D eigenvalue weighted by Gasteiger charge is -2.05. The first kappa shape index (κ1) is 15.7. The van der Waals surface area contributed by atoms with Gasteiger partial charge in [-0.25, -0.2) is 13.6 Å². The number of primary sulfonamides is 1. The Bertz CT molecular complexity index is 556. The molecule has 0 aliphatic carbocycles. The molecule has 3 N–H and O–H groups in total. The van der Waals surface area contributed by atoms with Crippen LogP contribution in [0.4, 0.5) is 0 Å². The molecule has 0 radical (unpaired) electrons. The van der Waals surface area contributed by atoms with Crippen molar-refractivity contribution in [2.24, 2.45) is 5.14 Å². The van der Waals surface area contributed by atoms with Gasteiger partial charge in [-0.05, 0) is 18.2 Å². The summed E-state index contributed by atoms with van der Waals surface area (Å²) >= 11 is 1.65. The molecule has 0 spiro atoms. The first-order valence-electron chi connectivity index (χ1n) is 5.55. The predicted molar refractivity (Wildman–Crippen MR) is 77.7 cm³/mol. The third kappa shape index (κ3) is 5.46. The summed E-state index contributed by atoms with van der Waals surface area (Å²) in [5.41, 5.74) is 0.278.